The number of rotatable bonds is 7. The number of fused-ring (bicyclic) bond motifs is 1. The second-order valence-corrected chi connectivity index (χ2v) is 10.9. The van der Waals surface area contributed by atoms with E-state index in [0.29, 0.717) is 16.5 Å². The molecule has 0 radical (unpaired) electrons. The Morgan fingerprint density at radius 2 is 1.66 bits per heavy atom. The van der Waals surface area contributed by atoms with Crippen molar-refractivity contribution in [2.45, 2.75) is 31.7 Å². The van der Waals surface area contributed by atoms with Gasteiger partial charge in [0.15, 0.2) is 0 Å². The molecule has 2 atom stereocenters. The van der Waals surface area contributed by atoms with E-state index in [2.05, 4.69) is 5.32 Å². The maximum atomic E-state index is 13.9. The maximum Gasteiger partial charge on any atom is 0.334 e. The summed E-state index contributed by atoms with van der Waals surface area (Å²) in [5, 5.41) is 6.93. The van der Waals surface area contributed by atoms with Crippen LogP contribution in [0.5, 0.6) is 5.75 Å². The Balaban J connectivity index is 1.43. The number of methoxy groups -OCH3 is 1. The Hall–Kier alpha value is -3.79. The summed E-state index contributed by atoms with van der Waals surface area (Å²) in [5.74, 6) is 0.330. The van der Waals surface area contributed by atoms with Gasteiger partial charge in [-0.25, -0.2) is 14.8 Å². The van der Waals surface area contributed by atoms with Crippen LogP contribution in [-0.4, -0.2) is 77.1 Å². The third-order valence-corrected chi connectivity index (χ3v) is 8.12. The lowest BCUT2D eigenvalue weighted by atomic mass is 9.98. The van der Waals surface area contributed by atoms with Crippen LogP contribution in [0.3, 0.4) is 0 Å². The van der Waals surface area contributed by atoms with Crippen molar-refractivity contribution >= 4 is 41.0 Å². The van der Waals surface area contributed by atoms with Crippen molar-refractivity contribution in [1.82, 2.24) is 25.1 Å². The average Bonchev–Trinajstić information content (AvgIpc) is 2.96. The minimum Gasteiger partial charge on any atom is -0.497 e. The van der Waals surface area contributed by atoms with E-state index in [4.69, 9.17) is 27.9 Å². The zero-order chi connectivity index (χ0) is 29.1. The van der Waals surface area contributed by atoms with Crippen molar-refractivity contribution in [3.05, 3.63) is 99.5 Å². The lowest BCUT2D eigenvalue weighted by Gasteiger charge is -2.54. The number of hydrogen-bond acceptors (Lipinski definition) is 5. The van der Waals surface area contributed by atoms with Crippen LogP contribution in [0.1, 0.15) is 16.7 Å². The fourth-order valence-corrected chi connectivity index (χ4v) is 5.67. The van der Waals surface area contributed by atoms with Gasteiger partial charge in [-0.05, 0) is 41.0 Å². The predicted molar refractivity (Wildman–Crippen MR) is 156 cm³/mol. The molecule has 1 N–H and O–H groups in total. The molecule has 5 rings (SSSR count). The number of carbonyl (C=O) groups is 3. The quantitative estimate of drug-likeness (QED) is 0.443. The van der Waals surface area contributed by atoms with Crippen LogP contribution in [0.15, 0.2) is 72.8 Å². The minimum absolute atomic E-state index is 0.0299. The van der Waals surface area contributed by atoms with Crippen molar-refractivity contribution < 1.29 is 19.1 Å². The lowest BCUT2D eigenvalue weighted by molar-refractivity contribution is -0.187. The molecule has 214 valence electrons. The first-order valence-corrected chi connectivity index (χ1v) is 14.0. The van der Waals surface area contributed by atoms with Gasteiger partial charge in [0, 0.05) is 26.6 Å². The summed E-state index contributed by atoms with van der Waals surface area (Å²) in [5.41, 5.74) is 2.61. The maximum absolute atomic E-state index is 13.9. The van der Waals surface area contributed by atoms with Gasteiger partial charge in [0.05, 0.1) is 30.2 Å². The Kier molecular flexibility index (Phi) is 8.68. The highest BCUT2D eigenvalue weighted by Crippen LogP contribution is 2.30. The number of hydrazine groups is 1. The van der Waals surface area contributed by atoms with Crippen LogP contribution >= 0.6 is 23.2 Å². The SMILES string of the molecule is COc1ccc(CNC(=O)N2[C@H]3CN(Cc4ccc(Cl)c(Cl)c4)C(=O)[C@H](Cc4ccccc4)N3C(=O)CN2C)cc1. The van der Waals surface area contributed by atoms with E-state index in [9.17, 15) is 14.4 Å². The van der Waals surface area contributed by atoms with Crippen LogP contribution in [0.4, 0.5) is 4.79 Å². The number of urea groups is 1. The summed E-state index contributed by atoms with van der Waals surface area (Å²) in [7, 11) is 3.30. The number of nitrogens with one attached hydrogen (secondary N) is 1. The molecule has 9 nitrogen and oxygen atoms in total. The van der Waals surface area contributed by atoms with Crippen LogP contribution in [0.25, 0.3) is 0 Å². The van der Waals surface area contributed by atoms with Crippen LogP contribution in [-0.2, 0) is 29.1 Å². The molecular formula is C30H31Cl2N5O4. The summed E-state index contributed by atoms with van der Waals surface area (Å²) in [6.45, 7) is 0.645. The second-order valence-electron chi connectivity index (χ2n) is 10.1. The standard InChI is InChI=1S/C30H31Cl2N5O4/c1-34-19-28(38)36-26(15-20-6-4-3-5-7-20)29(39)35(17-22-10-13-24(31)25(32)14-22)18-27(36)37(34)30(40)33-16-21-8-11-23(41-2)12-9-21/h3-14,26-27H,15-19H2,1-2H3,(H,33,40)/t26-,27-/m0/s1. The highest BCUT2D eigenvalue weighted by molar-refractivity contribution is 6.42. The summed E-state index contributed by atoms with van der Waals surface area (Å²) in [6, 6.07) is 21.1. The number of ether oxygens (including phenoxy) is 1. The Morgan fingerprint density at radius 1 is 0.951 bits per heavy atom. The summed E-state index contributed by atoms with van der Waals surface area (Å²) in [4.78, 5) is 44.3. The average molecular weight is 597 g/mol. The Bertz CT molecular complexity index is 1420. The molecule has 0 unspecified atom stereocenters. The van der Waals surface area contributed by atoms with Crippen LogP contribution in [0.2, 0.25) is 10.0 Å². The first kappa shape index (κ1) is 28.7. The molecule has 0 saturated carbocycles. The van der Waals surface area contributed by atoms with Crippen molar-refractivity contribution in [3.8, 4) is 5.75 Å². The molecule has 41 heavy (non-hydrogen) atoms. The molecule has 0 aliphatic carbocycles. The van der Waals surface area contributed by atoms with E-state index in [1.54, 1.807) is 41.1 Å². The topological polar surface area (TPSA) is 85.4 Å². The zero-order valence-electron chi connectivity index (χ0n) is 22.8. The van der Waals surface area contributed by atoms with Gasteiger partial charge < -0.3 is 19.9 Å². The normalized spacial score (nSPS) is 19.3. The fourth-order valence-electron chi connectivity index (χ4n) is 5.35. The van der Waals surface area contributed by atoms with Gasteiger partial charge in [-0.15, -0.1) is 0 Å². The van der Waals surface area contributed by atoms with Gasteiger partial charge in [-0.2, -0.15) is 0 Å². The number of piperazine rings is 1. The largest absolute Gasteiger partial charge is 0.497 e. The predicted octanol–water partition coefficient (Wildman–Crippen LogP) is 4.18. The second kappa shape index (κ2) is 12.4. The highest BCUT2D eigenvalue weighted by atomic mass is 35.5. The van der Waals surface area contributed by atoms with Crippen molar-refractivity contribution in [2.24, 2.45) is 0 Å². The third kappa shape index (κ3) is 6.27. The molecule has 0 spiro atoms. The van der Waals surface area contributed by atoms with Crippen molar-refractivity contribution in [2.75, 3.05) is 27.2 Å². The number of benzene rings is 3. The first-order valence-electron chi connectivity index (χ1n) is 13.2. The Labute approximate surface area is 249 Å². The van der Waals surface area contributed by atoms with E-state index >= 15 is 0 Å². The molecule has 11 heteroatoms. The van der Waals surface area contributed by atoms with E-state index in [1.807, 2.05) is 60.7 Å². The monoisotopic (exact) mass is 595 g/mol. The van der Waals surface area contributed by atoms with E-state index < -0.39 is 12.2 Å². The smallest absolute Gasteiger partial charge is 0.334 e. The van der Waals surface area contributed by atoms with Gasteiger partial charge in [0.1, 0.15) is 18.0 Å². The van der Waals surface area contributed by atoms with Gasteiger partial charge in [-0.3, -0.25) is 9.59 Å². The molecule has 0 aromatic heterocycles. The number of hydrogen-bond donors (Lipinski definition) is 1. The molecule has 2 aliphatic heterocycles. The van der Waals surface area contributed by atoms with E-state index in [0.717, 1.165) is 22.4 Å². The van der Waals surface area contributed by atoms with E-state index in [-0.39, 0.29) is 44.0 Å². The number of likely N-dealkylation sites (N-methyl/N-ethyl adjacent to an activating group) is 1. The van der Waals surface area contributed by atoms with Crippen LogP contribution < -0.4 is 10.1 Å². The fraction of sp³-hybridized carbons (Fsp3) is 0.300. The summed E-state index contributed by atoms with van der Waals surface area (Å²) in [6.07, 6.45) is -0.378. The van der Waals surface area contributed by atoms with Gasteiger partial charge in [0.2, 0.25) is 11.8 Å². The molecule has 0 bridgehead atoms. The molecule has 3 aromatic carbocycles. The van der Waals surface area contributed by atoms with Crippen molar-refractivity contribution in [1.29, 1.82) is 0 Å². The molecule has 2 heterocycles. The lowest BCUT2D eigenvalue weighted by Crippen LogP contribution is -2.76. The summed E-state index contributed by atoms with van der Waals surface area (Å²) < 4.78 is 5.21. The molecule has 2 saturated heterocycles. The number of nitrogens with zero attached hydrogens (tertiary/aromatic N) is 4. The van der Waals surface area contributed by atoms with Crippen molar-refractivity contribution in [3.63, 3.8) is 0 Å². The molecule has 4 amide bonds. The first-order chi connectivity index (χ1) is 19.7. The highest BCUT2D eigenvalue weighted by Gasteiger charge is 2.50. The zero-order valence-corrected chi connectivity index (χ0v) is 24.3. The number of halogens is 2. The number of carbonyl (C=O) groups excluding carboxylic acids is 3. The van der Waals surface area contributed by atoms with Crippen LogP contribution in [0, 0.1) is 0 Å². The molecule has 2 aliphatic rings. The van der Waals surface area contributed by atoms with Gasteiger partial charge >= 0.3 is 6.03 Å². The minimum atomic E-state index is -0.781. The van der Waals surface area contributed by atoms with E-state index in [1.165, 1.54) is 5.01 Å². The molecule has 2 fully saturated rings. The van der Waals surface area contributed by atoms with Gasteiger partial charge in [0.25, 0.3) is 0 Å². The molecular weight excluding hydrogens is 565 g/mol. The summed E-state index contributed by atoms with van der Waals surface area (Å²) >= 11 is 12.4. The number of amides is 4. The third-order valence-electron chi connectivity index (χ3n) is 7.38. The molecule has 3 aromatic rings. The van der Waals surface area contributed by atoms with Gasteiger partial charge in [-0.1, -0.05) is 71.7 Å². The Morgan fingerprint density at radius 3 is 2.34 bits per heavy atom.